The predicted molar refractivity (Wildman–Crippen MR) is 273 cm³/mol. The third-order valence-electron chi connectivity index (χ3n) is 13.6. The van der Waals surface area contributed by atoms with Crippen molar-refractivity contribution < 1.29 is 75.4 Å². The Morgan fingerprint density at radius 1 is 0.622 bits per heavy atom. The van der Waals surface area contributed by atoms with Crippen LogP contribution in [0.25, 0.3) is 12.2 Å². The number of thiazole rings is 2. The second kappa shape index (κ2) is 26.9. The molecule has 4 heterocycles. The largest absolute Gasteiger partial charge is 0.457 e. The van der Waals surface area contributed by atoms with Crippen molar-refractivity contribution in [3.8, 4) is 0 Å². The minimum absolute atomic E-state index is 0.243. The van der Waals surface area contributed by atoms with Crippen LogP contribution in [0.15, 0.2) is 69.5 Å². The van der Waals surface area contributed by atoms with Crippen molar-refractivity contribution in [1.29, 1.82) is 0 Å². The number of rotatable bonds is 4. The topological polar surface area (TPSA) is 193 Å². The lowest BCUT2D eigenvalue weighted by Gasteiger charge is -2.34. The Hall–Kier alpha value is -4.60. The van der Waals surface area contributed by atoms with Crippen LogP contribution >= 0.6 is 22.7 Å². The molecule has 0 fully saturated rings. The highest BCUT2D eigenvalue weighted by atomic mass is 32.1. The molecule has 0 radical (unpaired) electrons. The normalized spacial score (nSPS) is 31.4. The molecular weight excluding hydrogens is 1010 g/mol. The van der Waals surface area contributed by atoms with E-state index in [1.165, 1.54) is 88.5 Å². The van der Waals surface area contributed by atoms with Gasteiger partial charge in [-0.1, -0.05) is 91.8 Å². The van der Waals surface area contributed by atoms with Gasteiger partial charge >= 0.3 is 24.3 Å². The molecule has 0 aliphatic carbocycles. The van der Waals surface area contributed by atoms with E-state index in [0.29, 0.717) is 22.5 Å². The Labute approximate surface area is 438 Å². The first kappa shape index (κ1) is 63.7. The standard InChI is InChI=1S/2C27H36F3NO5S/c2*1-15-8-7-9-19(27(28,29)30)10-11-21(16(2)12-20-14-37-18(4)31-20)36-23(33)13-22(32)26(5,6)25(35)17(3)24(15)34/h2*7-8,10,12,14-15,17,21-22,24,32,34H,9,11,13H2,1-6H3/b2*8-7+,16-12+,19-10+/t2*15-,17+,21-,22-,24-/m00/s1. The first-order chi connectivity index (χ1) is 34.1. The summed E-state index contributed by atoms with van der Waals surface area (Å²) in [5.74, 6) is -5.70. The van der Waals surface area contributed by atoms with Gasteiger partial charge in [-0.15, -0.1) is 22.7 Å². The smallest absolute Gasteiger partial charge is 0.412 e. The summed E-state index contributed by atoms with van der Waals surface area (Å²) in [4.78, 5) is 60.5. The van der Waals surface area contributed by atoms with Crippen LogP contribution in [0.2, 0.25) is 0 Å². The summed E-state index contributed by atoms with van der Waals surface area (Å²) < 4.78 is 93.6. The van der Waals surface area contributed by atoms with Crippen molar-refractivity contribution in [2.45, 2.75) is 171 Å². The van der Waals surface area contributed by atoms with Crippen molar-refractivity contribution in [3.05, 3.63) is 90.9 Å². The average molecular weight is 1090 g/mol. The van der Waals surface area contributed by atoms with Crippen molar-refractivity contribution in [1.82, 2.24) is 9.97 Å². The molecule has 2 aliphatic heterocycles. The van der Waals surface area contributed by atoms with E-state index in [9.17, 15) is 65.9 Å². The number of ether oxygens (including phenoxy) is 2. The van der Waals surface area contributed by atoms with Gasteiger partial charge in [0, 0.05) is 58.4 Å². The number of allylic oxidation sites excluding steroid dienone is 4. The zero-order chi connectivity index (χ0) is 56.3. The van der Waals surface area contributed by atoms with Crippen LogP contribution < -0.4 is 0 Å². The van der Waals surface area contributed by atoms with Gasteiger partial charge in [0.25, 0.3) is 0 Å². The maximum absolute atomic E-state index is 13.8. The summed E-state index contributed by atoms with van der Waals surface area (Å²) in [6.07, 6.45) is -8.09. The highest BCUT2D eigenvalue weighted by Gasteiger charge is 2.44. The summed E-state index contributed by atoms with van der Waals surface area (Å²) in [7, 11) is 0. The van der Waals surface area contributed by atoms with E-state index in [4.69, 9.17) is 9.47 Å². The molecule has 4 N–H and O–H groups in total. The summed E-state index contributed by atoms with van der Waals surface area (Å²) in [5.41, 5.74) is -2.21. The molecule has 0 saturated carbocycles. The maximum Gasteiger partial charge on any atom is 0.412 e. The summed E-state index contributed by atoms with van der Waals surface area (Å²) >= 11 is 2.82. The third-order valence-corrected chi connectivity index (χ3v) is 15.2. The molecule has 0 amide bonds. The number of alkyl halides is 6. The number of halogens is 6. The number of nitrogens with zero attached hydrogens (tertiary/aromatic N) is 2. The zero-order valence-corrected chi connectivity index (χ0v) is 45.6. The number of aliphatic hydroxyl groups is 4. The van der Waals surface area contributed by atoms with E-state index in [1.54, 1.807) is 50.6 Å². The molecular formula is C54H72F6N2O10S2. The number of esters is 2. The first-order valence-corrected chi connectivity index (χ1v) is 26.1. The average Bonchev–Trinajstić information content (AvgIpc) is 3.92. The number of carbonyl (C=O) groups is 4. The van der Waals surface area contributed by atoms with Crippen LogP contribution in [-0.4, -0.2) is 103 Å². The fourth-order valence-corrected chi connectivity index (χ4v) is 9.48. The van der Waals surface area contributed by atoms with Gasteiger partial charge < -0.3 is 29.9 Å². The number of hydrogen-bond acceptors (Lipinski definition) is 14. The molecule has 0 saturated heterocycles. The van der Waals surface area contributed by atoms with Gasteiger partial charge in [0.2, 0.25) is 0 Å². The molecule has 12 nitrogen and oxygen atoms in total. The molecule has 2 aliphatic rings. The molecule has 2 aromatic heterocycles. The van der Waals surface area contributed by atoms with Crippen LogP contribution in [0.4, 0.5) is 26.3 Å². The second-order valence-corrected chi connectivity index (χ2v) is 22.5. The third kappa shape index (κ3) is 18.3. The number of ketones is 2. The van der Waals surface area contributed by atoms with Gasteiger partial charge in [0.1, 0.15) is 23.8 Å². The number of aromatic nitrogens is 2. The number of aliphatic hydroxyl groups excluding tert-OH is 4. The van der Waals surface area contributed by atoms with Gasteiger partial charge in [-0.05, 0) is 63.8 Å². The van der Waals surface area contributed by atoms with Crippen molar-refractivity contribution in [3.63, 3.8) is 0 Å². The predicted octanol–water partition coefficient (Wildman–Crippen LogP) is 11.2. The summed E-state index contributed by atoms with van der Waals surface area (Å²) in [6, 6.07) is 0. The van der Waals surface area contributed by atoms with Crippen molar-refractivity contribution in [2.24, 2.45) is 34.5 Å². The Bertz CT molecular complexity index is 2280. The number of hydrogen-bond donors (Lipinski definition) is 4. The lowest BCUT2D eigenvalue weighted by atomic mass is 9.73. The summed E-state index contributed by atoms with van der Waals surface area (Å²) in [5, 5.41) is 48.0. The zero-order valence-electron chi connectivity index (χ0n) is 44.0. The number of carbonyl (C=O) groups excluding carboxylic acids is 4. The van der Waals surface area contributed by atoms with E-state index >= 15 is 0 Å². The van der Waals surface area contributed by atoms with Crippen molar-refractivity contribution >= 4 is 58.3 Å². The number of cyclic esters (lactones) is 2. The SMILES string of the molecule is C/C(=C\c1csc(C)n1)[C@@H]1C/C=C(/C(F)(F)F)C/C=C/[C@H](C)[C@H](O)[C@@H](C)C(=O)C(C)(C)[C@@H](O)CC(=O)O1.C/C(=C\c1csc(C)n1)[C@@H]1C/C=C(/C(F)(F)F)C/C=C/[C@H](C)[C@H](O)[C@@H](C)C(=O)C(C)(C)[C@@H](O)CC(=O)O1. The maximum atomic E-state index is 13.8. The fourth-order valence-electron chi connectivity index (χ4n) is 8.34. The van der Waals surface area contributed by atoms with Gasteiger partial charge in [-0.2, -0.15) is 26.3 Å². The van der Waals surface area contributed by atoms with E-state index in [0.717, 1.165) is 22.2 Å². The van der Waals surface area contributed by atoms with E-state index < -0.39 is 144 Å². The second-order valence-electron chi connectivity index (χ2n) is 20.4. The molecule has 74 heavy (non-hydrogen) atoms. The quantitative estimate of drug-likeness (QED) is 0.129. The highest BCUT2D eigenvalue weighted by molar-refractivity contribution is 7.09. The number of aryl methyl sites for hydroxylation is 2. The Balaban J connectivity index is 0.000000390. The molecule has 20 heteroatoms. The van der Waals surface area contributed by atoms with Crippen molar-refractivity contribution in [2.75, 3.05) is 0 Å². The first-order valence-electron chi connectivity index (χ1n) is 24.3. The fraction of sp³-hybridized carbons (Fsp3) is 0.593. The molecule has 0 bridgehead atoms. The Kier molecular flexibility index (Phi) is 23.2. The lowest BCUT2D eigenvalue weighted by molar-refractivity contribution is -0.155. The molecule has 4 rings (SSSR count). The Morgan fingerprint density at radius 3 is 1.23 bits per heavy atom. The minimum Gasteiger partial charge on any atom is -0.457 e. The van der Waals surface area contributed by atoms with E-state index in [2.05, 4.69) is 9.97 Å². The van der Waals surface area contributed by atoms with E-state index in [1.807, 2.05) is 13.8 Å². The van der Waals surface area contributed by atoms with Gasteiger partial charge in [-0.25, -0.2) is 9.97 Å². The highest BCUT2D eigenvalue weighted by Crippen LogP contribution is 2.36. The molecule has 0 aromatic carbocycles. The van der Waals surface area contributed by atoms with E-state index in [-0.39, 0.29) is 12.8 Å². The van der Waals surface area contributed by atoms with Crippen LogP contribution in [0.3, 0.4) is 0 Å². The van der Waals surface area contributed by atoms with Gasteiger partial charge in [0.05, 0.1) is 69.5 Å². The number of Topliss-reactive ketones (excluding diaryl/α,β-unsaturated/α-hetero) is 2. The van der Waals surface area contributed by atoms with Gasteiger partial charge in [-0.3, -0.25) is 19.2 Å². The van der Waals surface area contributed by atoms with Crippen LogP contribution in [0.5, 0.6) is 0 Å². The molecule has 2 aromatic rings. The summed E-state index contributed by atoms with van der Waals surface area (Å²) in [6.45, 7) is 19.1. The molecule has 10 atom stereocenters. The monoisotopic (exact) mass is 1090 g/mol. The van der Waals surface area contributed by atoms with Crippen LogP contribution in [-0.2, 0) is 28.7 Å². The molecule has 0 unspecified atom stereocenters. The minimum atomic E-state index is -4.61. The van der Waals surface area contributed by atoms with Crippen LogP contribution in [0.1, 0.15) is 129 Å². The lowest BCUT2D eigenvalue weighted by Crippen LogP contribution is -2.45. The molecule has 0 spiro atoms. The Morgan fingerprint density at radius 2 is 0.946 bits per heavy atom. The van der Waals surface area contributed by atoms with Gasteiger partial charge in [0.15, 0.2) is 0 Å². The molecule has 412 valence electrons. The van der Waals surface area contributed by atoms with Crippen LogP contribution in [0, 0.1) is 48.3 Å².